The highest BCUT2D eigenvalue weighted by molar-refractivity contribution is 5.95. The minimum atomic E-state index is -0.351. The van der Waals surface area contributed by atoms with Crippen LogP contribution >= 0.6 is 0 Å². The number of aromatic nitrogens is 2. The van der Waals surface area contributed by atoms with Gasteiger partial charge in [0.05, 0.1) is 24.8 Å². The predicted octanol–water partition coefficient (Wildman–Crippen LogP) is 3.43. The van der Waals surface area contributed by atoms with E-state index in [4.69, 9.17) is 4.74 Å². The van der Waals surface area contributed by atoms with Crippen molar-refractivity contribution in [3.63, 3.8) is 0 Å². The number of halogens is 1. The van der Waals surface area contributed by atoms with Gasteiger partial charge in [-0.3, -0.25) is 4.79 Å². The number of imidazole rings is 1. The Balaban J connectivity index is 1.36. The molecule has 34 heavy (non-hydrogen) atoms. The standard InChI is InChI=1S/C25H28FN5O3/c1-17-14-31(16-28-17)22-10-9-18(12-23(22)34-2)24(32)29-20-7-5-11-30(15-20)25(33)27-13-19-6-3-4-8-21(19)26/h3-4,6,8-10,12,14,16,20H,5,7,11,13,15H2,1-2H3,(H,27,33)(H,29,32). The minimum Gasteiger partial charge on any atom is -0.495 e. The van der Waals surface area contributed by atoms with Gasteiger partial charge in [-0.05, 0) is 44.0 Å². The number of ether oxygens (including phenoxy) is 1. The Hall–Kier alpha value is -3.88. The Labute approximate surface area is 197 Å². The maximum Gasteiger partial charge on any atom is 0.317 e. The van der Waals surface area contributed by atoms with Gasteiger partial charge in [0.2, 0.25) is 0 Å². The zero-order chi connectivity index (χ0) is 24.1. The van der Waals surface area contributed by atoms with Crippen LogP contribution in [0.3, 0.4) is 0 Å². The highest BCUT2D eigenvalue weighted by Gasteiger charge is 2.25. The monoisotopic (exact) mass is 465 g/mol. The first-order valence-corrected chi connectivity index (χ1v) is 11.2. The lowest BCUT2D eigenvalue weighted by Crippen LogP contribution is -2.52. The average molecular weight is 466 g/mol. The Morgan fingerprint density at radius 2 is 2.06 bits per heavy atom. The number of rotatable bonds is 6. The van der Waals surface area contributed by atoms with E-state index in [-0.39, 0.29) is 30.3 Å². The normalized spacial score (nSPS) is 15.6. The van der Waals surface area contributed by atoms with E-state index in [2.05, 4.69) is 15.6 Å². The second kappa shape index (κ2) is 10.4. The molecular formula is C25H28FN5O3. The topological polar surface area (TPSA) is 88.5 Å². The van der Waals surface area contributed by atoms with Crippen LogP contribution < -0.4 is 15.4 Å². The molecule has 9 heteroatoms. The van der Waals surface area contributed by atoms with Gasteiger partial charge in [-0.1, -0.05) is 18.2 Å². The number of urea groups is 1. The zero-order valence-corrected chi connectivity index (χ0v) is 19.3. The quantitative estimate of drug-likeness (QED) is 0.584. The van der Waals surface area contributed by atoms with Gasteiger partial charge in [0.15, 0.2) is 0 Å². The number of methoxy groups -OCH3 is 1. The molecule has 0 bridgehead atoms. The van der Waals surface area contributed by atoms with Crippen LogP contribution in [0, 0.1) is 12.7 Å². The van der Waals surface area contributed by atoms with E-state index in [1.54, 1.807) is 48.7 Å². The second-order valence-electron chi connectivity index (χ2n) is 8.32. The fourth-order valence-electron chi connectivity index (χ4n) is 4.06. The molecule has 1 unspecified atom stereocenters. The van der Waals surface area contributed by atoms with Crippen molar-refractivity contribution in [2.45, 2.75) is 32.4 Å². The lowest BCUT2D eigenvalue weighted by molar-refractivity contribution is 0.0910. The Kier molecular flexibility index (Phi) is 7.10. The molecular weight excluding hydrogens is 437 g/mol. The number of piperidine rings is 1. The van der Waals surface area contributed by atoms with Crippen LogP contribution in [0.2, 0.25) is 0 Å². The molecule has 2 heterocycles. The molecule has 1 atom stereocenters. The van der Waals surface area contributed by atoms with Crippen molar-refractivity contribution in [1.29, 1.82) is 0 Å². The minimum absolute atomic E-state index is 0.113. The first-order chi connectivity index (χ1) is 16.4. The van der Waals surface area contributed by atoms with Crippen LogP contribution in [0.5, 0.6) is 5.75 Å². The molecule has 1 aliphatic rings. The molecule has 178 valence electrons. The van der Waals surface area contributed by atoms with Crippen LogP contribution in [-0.4, -0.2) is 52.6 Å². The van der Waals surface area contributed by atoms with Crippen LogP contribution in [0.1, 0.15) is 34.5 Å². The van der Waals surface area contributed by atoms with Crippen LogP contribution in [0.4, 0.5) is 9.18 Å². The predicted molar refractivity (Wildman–Crippen MR) is 126 cm³/mol. The van der Waals surface area contributed by atoms with Crippen LogP contribution in [0.15, 0.2) is 55.0 Å². The van der Waals surface area contributed by atoms with Gasteiger partial charge < -0.3 is 24.8 Å². The number of benzene rings is 2. The summed E-state index contributed by atoms with van der Waals surface area (Å²) in [5.74, 6) is -0.0238. The third kappa shape index (κ3) is 5.36. The zero-order valence-electron chi connectivity index (χ0n) is 19.3. The van der Waals surface area contributed by atoms with Gasteiger partial charge >= 0.3 is 6.03 Å². The van der Waals surface area contributed by atoms with Crippen molar-refractivity contribution in [1.82, 2.24) is 25.1 Å². The highest BCUT2D eigenvalue weighted by atomic mass is 19.1. The second-order valence-corrected chi connectivity index (χ2v) is 8.32. The molecule has 2 aromatic carbocycles. The van der Waals surface area contributed by atoms with Crippen molar-refractivity contribution in [3.8, 4) is 11.4 Å². The van der Waals surface area contributed by atoms with E-state index >= 15 is 0 Å². The lowest BCUT2D eigenvalue weighted by Gasteiger charge is -2.33. The number of aryl methyl sites for hydroxylation is 1. The summed E-state index contributed by atoms with van der Waals surface area (Å²) >= 11 is 0. The summed E-state index contributed by atoms with van der Waals surface area (Å²) in [6.45, 7) is 2.99. The van der Waals surface area contributed by atoms with Gasteiger partial charge in [0.25, 0.3) is 5.91 Å². The molecule has 1 aliphatic heterocycles. The Morgan fingerprint density at radius 1 is 1.24 bits per heavy atom. The van der Waals surface area contributed by atoms with E-state index in [1.807, 2.05) is 23.8 Å². The number of carbonyl (C=O) groups is 2. The number of amides is 3. The SMILES string of the molecule is COc1cc(C(=O)NC2CCCN(C(=O)NCc3ccccc3F)C2)ccc1-n1cnc(C)c1. The summed E-state index contributed by atoms with van der Waals surface area (Å²) < 4.78 is 21.1. The van der Waals surface area contributed by atoms with Gasteiger partial charge in [-0.25, -0.2) is 14.2 Å². The molecule has 1 saturated heterocycles. The fraction of sp³-hybridized carbons (Fsp3) is 0.320. The summed E-state index contributed by atoms with van der Waals surface area (Å²) in [7, 11) is 1.56. The number of nitrogens with one attached hydrogen (secondary N) is 2. The number of hydrogen-bond acceptors (Lipinski definition) is 4. The first-order valence-electron chi connectivity index (χ1n) is 11.2. The molecule has 0 spiro atoms. The van der Waals surface area contributed by atoms with Crippen molar-refractivity contribution in [3.05, 3.63) is 77.6 Å². The van der Waals surface area contributed by atoms with Crippen molar-refractivity contribution in [2.24, 2.45) is 0 Å². The first kappa shape index (κ1) is 23.3. The number of likely N-dealkylation sites (tertiary alicyclic amines) is 1. The third-order valence-corrected chi connectivity index (χ3v) is 5.86. The third-order valence-electron chi connectivity index (χ3n) is 5.86. The Bertz CT molecular complexity index is 1180. The van der Waals surface area contributed by atoms with Gasteiger partial charge in [-0.15, -0.1) is 0 Å². The summed E-state index contributed by atoms with van der Waals surface area (Å²) in [6, 6.07) is 11.2. The maximum atomic E-state index is 13.8. The van der Waals surface area contributed by atoms with Crippen LogP contribution in [0.25, 0.3) is 5.69 Å². The molecule has 3 amide bonds. The average Bonchev–Trinajstić information content (AvgIpc) is 3.29. The lowest BCUT2D eigenvalue weighted by atomic mass is 10.0. The molecule has 1 aromatic heterocycles. The fourth-order valence-corrected chi connectivity index (χ4v) is 4.06. The van der Waals surface area contributed by atoms with E-state index in [9.17, 15) is 14.0 Å². The van der Waals surface area contributed by atoms with Gasteiger partial charge in [0, 0.05) is 43.0 Å². The maximum absolute atomic E-state index is 13.8. The smallest absolute Gasteiger partial charge is 0.317 e. The summed E-state index contributed by atoms with van der Waals surface area (Å²) in [4.78, 5) is 31.4. The summed E-state index contributed by atoms with van der Waals surface area (Å²) in [5.41, 5.74) is 2.57. The van der Waals surface area contributed by atoms with Crippen molar-refractivity contribution < 1.29 is 18.7 Å². The van der Waals surface area contributed by atoms with Crippen molar-refractivity contribution in [2.75, 3.05) is 20.2 Å². The van der Waals surface area contributed by atoms with Gasteiger partial charge in [-0.2, -0.15) is 0 Å². The number of carbonyl (C=O) groups excluding carboxylic acids is 2. The van der Waals surface area contributed by atoms with E-state index in [1.165, 1.54) is 6.07 Å². The largest absolute Gasteiger partial charge is 0.495 e. The van der Waals surface area contributed by atoms with E-state index in [0.717, 1.165) is 24.2 Å². The molecule has 0 saturated carbocycles. The summed E-state index contributed by atoms with van der Waals surface area (Å²) in [5, 5.41) is 5.79. The highest BCUT2D eigenvalue weighted by Crippen LogP contribution is 2.25. The molecule has 8 nitrogen and oxygen atoms in total. The van der Waals surface area contributed by atoms with Crippen molar-refractivity contribution >= 4 is 11.9 Å². The van der Waals surface area contributed by atoms with Crippen LogP contribution in [-0.2, 0) is 6.54 Å². The van der Waals surface area contributed by atoms with Gasteiger partial charge in [0.1, 0.15) is 11.6 Å². The molecule has 4 rings (SSSR count). The molecule has 3 aromatic rings. The number of hydrogen-bond donors (Lipinski definition) is 2. The Morgan fingerprint density at radius 3 is 2.79 bits per heavy atom. The number of nitrogens with zero attached hydrogens (tertiary/aromatic N) is 3. The molecule has 0 aliphatic carbocycles. The van der Waals surface area contributed by atoms with E-state index < -0.39 is 0 Å². The molecule has 1 fully saturated rings. The molecule has 0 radical (unpaired) electrons. The summed E-state index contributed by atoms with van der Waals surface area (Å²) in [6.07, 6.45) is 5.11. The van der Waals surface area contributed by atoms with E-state index in [0.29, 0.717) is 30.0 Å². The molecule has 2 N–H and O–H groups in total.